The number of hydrogen-bond acceptors (Lipinski definition) is 4. The van der Waals surface area contributed by atoms with Crippen LogP contribution < -0.4 is 11.1 Å². The highest BCUT2D eigenvalue weighted by molar-refractivity contribution is 7.11. The Kier molecular flexibility index (Phi) is 4.12. The van der Waals surface area contributed by atoms with Gasteiger partial charge < -0.3 is 11.1 Å². The van der Waals surface area contributed by atoms with Crippen molar-refractivity contribution in [2.45, 2.75) is 32.7 Å². The molecular formula is C12H19N3OS. The van der Waals surface area contributed by atoms with E-state index in [9.17, 15) is 4.79 Å². The fourth-order valence-corrected chi connectivity index (χ4v) is 3.19. The maximum atomic E-state index is 12.0. The first-order valence-electron chi connectivity index (χ1n) is 6.09. The zero-order valence-electron chi connectivity index (χ0n) is 10.1. The van der Waals surface area contributed by atoms with Crippen molar-refractivity contribution in [1.82, 2.24) is 10.3 Å². The van der Waals surface area contributed by atoms with E-state index in [1.807, 2.05) is 13.1 Å². The normalized spacial score (nSPS) is 23.9. The molecule has 1 aromatic heterocycles. The number of hydrogen-bond donors (Lipinski definition) is 2. The summed E-state index contributed by atoms with van der Waals surface area (Å²) in [5.41, 5.74) is 5.68. The maximum Gasteiger partial charge on any atom is 0.223 e. The van der Waals surface area contributed by atoms with Crippen molar-refractivity contribution < 1.29 is 4.79 Å². The third-order valence-corrected chi connectivity index (χ3v) is 4.32. The Labute approximate surface area is 106 Å². The van der Waals surface area contributed by atoms with Crippen LogP contribution in [0, 0.1) is 18.8 Å². The quantitative estimate of drug-likeness (QED) is 0.853. The highest BCUT2D eigenvalue weighted by atomic mass is 32.1. The Morgan fingerprint density at radius 3 is 3.12 bits per heavy atom. The summed E-state index contributed by atoms with van der Waals surface area (Å²) in [5.74, 6) is 0.649. The van der Waals surface area contributed by atoms with Crippen molar-refractivity contribution in [2.75, 3.05) is 6.54 Å². The molecule has 1 saturated carbocycles. The second-order valence-corrected chi connectivity index (χ2v) is 5.92. The number of aromatic nitrogens is 1. The Morgan fingerprint density at radius 1 is 1.65 bits per heavy atom. The lowest BCUT2D eigenvalue weighted by atomic mass is 9.95. The van der Waals surface area contributed by atoms with Crippen LogP contribution in [0.2, 0.25) is 0 Å². The lowest BCUT2D eigenvalue weighted by molar-refractivity contribution is -0.126. The molecule has 1 amide bonds. The van der Waals surface area contributed by atoms with E-state index >= 15 is 0 Å². The monoisotopic (exact) mass is 253 g/mol. The summed E-state index contributed by atoms with van der Waals surface area (Å²) < 4.78 is 0. The van der Waals surface area contributed by atoms with E-state index in [2.05, 4.69) is 10.3 Å². The van der Waals surface area contributed by atoms with Crippen molar-refractivity contribution in [3.8, 4) is 0 Å². The number of nitrogens with zero attached hydrogens (tertiary/aromatic N) is 1. The lowest BCUT2D eigenvalue weighted by Crippen LogP contribution is -2.34. The van der Waals surface area contributed by atoms with E-state index in [0.717, 1.165) is 29.1 Å². The molecule has 1 aliphatic rings. The van der Waals surface area contributed by atoms with Crippen LogP contribution in [0.25, 0.3) is 0 Å². The molecule has 2 unspecified atom stereocenters. The molecule has 3 N–H and O–H groups in total. The van der Waals surface area contributed by atoms with Crippen LogP contribution in [0.3, 0.4) is 0 Å². The third-order valence-electron chi connectivity index (χ3n) is 3.40. The van der Waals surface area contributed by atoms with Gasteiger partial charge in [0.15, 0.2) is 0 Å². The van der Waals surface area contributed by atoms with Gasteiger partial charge in [0.1, 0.15) is 0 Å². The predicted octanol–water partition coefficient (Wildman–Crippen LogP) is 1.44. The molecule has 0 radical (unpaired) electrons. The summed E-state index contributed by atoms with van der Waals surface area (Å²) in [6, 6.07) is 0. The van der Waals surface area contributed by atoms with Crippen LogP contribution in [-0.2, 0) is 11.3 Å². The Morgan fingerprint density at radius 2 is 2.47 bits per heavy atom. The summed E-state index contributed by atoms with van der Waals surface area (Å²) in [4.78, 5) is 17.3. The molecule has 0 aliphatic heterocycles. The minimum absolute atomic E-state index is 0.119. The van der Waals surface area contributed by atoms with Gasteiger partial charge in [-0.1, -0.05) is 6.42 Å². The zero-order valence-corrected chi connectivity index (χ0v) is 10.9. The zero-order chi connectivity index (χ0) is 12.3. The maximum absolute atomic E-state index is 12.0. The van der Waals surface area contributed by atoms with Crippen LogP contribution in [0.1, 0.15) is 29.1 Å². The molecule has 4 nitrogen and oxygen atoms in total. The van der Waals surface area contributed by atoms with Crippen LogP contribution >= 0.6 is 11.3 Å². The molecule has 1 heterocycles. The predicted molar refractivity (Wildman–Crippen MR) is 68.6 cm³/mol. The number of amides is 1. The standard InChI is InChI=1S/C12H19N3OS/c1-8-14-6-10(17-8)7-15-12(16)11-4-2-3-9(11)5-13/h6,9,11H,2-5,7,13H2,1H3,(H,15,16). The molecule has 5 heteroatoms. The average Bonchev–Trinajstić information content (AvgIpc) is 2.94. The van der Waals surface area contributed by atoms with Crippen molar-refractivity contribution in [2.24, 2.45) is 17.6 Å². The molecule has 1 aromatic rings. The second-order valence-electron chi connectivity index (χ2n) is 4.60. The molecule has 94 valence electrons. The van der Waals surface area contributed by atoms with Crippen molar-refractivity contribution in [3.05, 3.63) is 16.1 Å². The highest BCUT2D eigenvalue weighted by Crippen LogP contribution is 2.31. The van der Waals surface area contributed by atoms with Gasteiger partial charge in [0.25, 0.3) is 0 Å². The average molecular weight is 253 g/mol. The van der Waals surface area contributed by atoms with Crippen molar-refractivity contribution >= 4 is 17.2 Å². The Hall–Kier alpha value is -0.940. The minimum Gasteiger partial charge on any atom is -0.351 e. The van der Waals surface area contributed by atoms with Crippen molar-refractivity contribution in [1.29, 1.82) is 0 Å². The molecule has 0 saturated heterocycles. The van der Waals surface area contributed by atoms with Crippen LogP contribution in [-0.4, -0.2) is 17.4 Å². The Balaban J connectivity index is 1.84. The first-order chi connectivity index (χ1) is 8.20. The largest absolute Gasteiger partial charge is 0.351 e. The molecule has 2 atom stereocenters. The summed E-state index contributed by atoms with van der Waals surface area (Å²) in [5, 5.41) is 4.03. The van der Waals surface area contributed by atoms with Gasteiger partial charge in [0, 0.05) is 17.0 Å². The van der Waals surface area contributed by atoms with E-state index in [1.165, 1.54) is 0 Å². The van der Waals surface area contributed by atoms with Gasteiger partial charge in [-0.3, -0.25) is 4.79 Å². The summed E-state index contributed by atoms with van der Waals surface area (Å²) in [6.45, 7) is 3.19. The van der Waals surface area contributed by atoms with Gasteiger partial charge in [-0.2, -0.15) is 0 Å². The summed E-state index contributed by atoms with van der Waals surface area (Å²) in [7, 11) is 0. The van der Waals surface area contributed by atoms with Crippen molar-refractivity contribution in [3.63, 3.8) is 0 Å². The fourth-order valence-electron chi connectivity index (χ4n) is 2.46. The molecule has 1 fully saturated rings. The van der Waals surface area contributed by atoms with Gasteiger partial charge in [0.2, 0.25) is 5.91 Å². The first kappa shape index (κ1) is 12.5. The molecule has 17 heavy (non-hydrogen) atoms. The molecule has 0 spiro atoms. The molecular weight excluding hydrogens is 234 g/mol. The van der Waals surface area contributed by atoms with Crippen LogP contribution in [0.4, 0.5) is 0 Å². The topological polar surface area (TPSA) is 68.0 Å². The highest BCUT2D eigenvalue weighted by Gasteiger charge is 2.31. The molecule has 0 bridgehead atoms. The number of nitrogens with one attached hydrogen (secondary N) is 1. The second kappa shape index (κ2) is 5.60. The third kappa shape index (κ3) is 3.04. The van der Waals surface area contributed by atoms with E-state index in [4.69, 9.17) is 5.73 Å². The van der Waals surface area contributed by atoms with E-state index in [-0.39, 0.29) is 11.8 Å². The number of aryl methyl sites for hydroxylation is 1. The Bertz CT molecular complexity index is 391. The lowest BCUT2D eigenvalue weighted by Gasteiger charge is -2.16. The van der Waals surface area contributed by atoms with Gasteiger partial charge in [-0.15, -0.1) is 11.3 Å². The number of carbonyl (C=O) groups is 1. The number of nitrogens with two attached hydrogens (primary N) is 1. The fraction of sp³-hybridized carbons (Fsp3) is 0.667. The molecule has 2 rings (SSSR count). The SMILES string of the molecule is Cc1ncc(CNC(=O)C2CCCC2CN)s1. The van der Waals surface area contributed by atoms with E-state index < -0.39 is 0 Å². The molecule has 1 aliphatic carbocycles. The smallest absolute Gasteiger partial charge is 0.223 e. The summed E-state index contributed by atoms with van der Waals surface area (Å²) >= 11 is 1.63. The number of rotatable bonds is 4. The van der Waals surface area contributed by atoms with Gasteiger partial charge in [-0.25, -0.2) is 4.98 Å². The van der Waals surface area contributed by atoms with Gasteiger partial charge >= 0.3 is 0 Å². The van der Waals surface area contributed by atoms with Gasteiger partial charge in [0.05, 0.1) is 11.6 Å². The van der Waals surface area contributed by atoms with Crippen LogP contribution in [0.5, 0.6) is 0 Å². The van der Waals surface area contributed by atoms with Crippen LogP contribution in [0.15, 0.2) is 6.20 Å². The number of thiazole rings is 1. The van der Waals surface area contributed by atoms with E-state index in [1.54, 1.807) is 11.3 Å². The minimum atomic E-state index is 0.119. The number of carbonyl (C=O) groups excluding carboxylic acids is 1. The molecule has 0 aromatic carbocycles. The first-order valence-corrected chi connectivity index (χ1v) is 6.91. The summed E-state index contributed by atoms with van der Waals surface area (Å²) in [6.07, 6.45) is 5.03. The van der Waals surface area contributed by atoms with E-state index in [0.29, 0.717) is 19.0 Å². The van der Waals surface area contributed by atoms with Gasteiger partial charge in [-0.05, 0) is 32.2 Å².